The van der Waals surface area contributed by atoms with Crippen molar-refractivity contribution in [1.82, 2.24) is 0 Å². The van der Waals surface area contributed by atoms with Crippen molar-refractivity contribution < 1.29 is 14.0 Å². The molecule has 2 aromatic carbocycles. The Bertz CT molecular complexity index is 593. The molecule has 0 aliphatic carbocycles. The first-order valence-corrected chi connectivity index (χ1v) is 9.64. The maximum absolute atomic E-state index is 11.7. The second-order valence-corrected chi connectivity index (χ2v) is 10.8. The van der Waals surface area contributed by atoms with E-state index in [-0.39, 0.29) is 17.6 Å². The van der Waals surface area contributed by atoms with E-state index < -0.39 is 8.32 Å². The minimum Gasteiger partial charge on any atom is -0.467 e. The highest BCUT2D eigenvalue weighted by atomic mass is 28.4. The van der Waals surface area contributed by atoms with E-state index in [4.69, 9.17) is 9.16 Å². The zero-order valence-electron chi connectivity index (χ0n) is 14.2. The van der Waals surface area contributed by atoms with Gasteiger partial charge in [-0.1, -0.05) is 81.4 Å². The van der Waals surface area contributed by atoms with Gasteiger partial charge in [-0.05, 0) is 15.4 Å². The van der Waals surface area contributed by atoms with Crippen LogP contribution < -0.4 is 10.4 Å². The highest BCUT2D eigenvalue weighted by molar-refractivity contribution is 6.99. The number of methoxy groups -OCH3 is 1. The van der Waals surface area contributed by atoms with E-state index in [1.165, 1.54) is 7.11 Å². The van der Waals surface area contributed by atoms with Crippen molar-refractivity contribution >= 4 is 24.7 Å². The molecule has 23 heavy (non-hydrogen) atoms. The molecule has 3 nitrogen and oxygen atoms in total. The molecule has 2 aromatic rings. The summed E-state index contributed by atoms with van der Waals surface area (Å²) < 4.78 is 11.2. The quantitative estimate of drug-likeness (QED) is 0.625. The van der Waals surface area contributed by atoms with Crippen LogP contribution in [0, 0.1) is 0 Å². The molecule has 0 aliphatic heterocycles. The first-order chi connectivity index (χ1) is 10.9. The molecule has 4 heteroatoms. The number of ether oxygens (including phenoxy) is 1. The van der Waals surface area contributed by atoms with E-state index in [0.29, 0.717) is 0 Å². The second-order valence-electron chi connectivity index (χ2n) is 6.53. The molecule has 0 atom stereocenters. The Kier molecular flexibility index (Phi) is 5.39. The minimum absolute atomic E-state index is 0.0379. The Morgan fingerprint density at radius 1 is 0.913 bits per heavy atom. The van der Waals surface area contributed by atoms with Crippen molar-refractivity contribution in [3.8, 4) is 0 Å². The molecule has 0 N–H and O–H groups in total. The van der Waals surface area contributed by atoms with E-state index in [1.54, 1.807) is 0 Å². The Morgan fingerprint density at radius 2 is 1.35 bits per heavy atom. The first kappa shape index (κ1) is 17.4. The van der Waals surface area contributed by atoms with Crippen molar-refractivity contribution in [2.75, 3.05) is 13.7 Å². The van der Waals surface area contributed by atoms with Crippen molar-refractivity contribution in [2.45, 2.75) is 25.8 Å². The molecule has 0 unspecified atom stereocenters. The van der Waals surface area contributed by atoms with Crippen LogP contribution in [-0.4, -0.2) is 28.0 Å². The average molecular weight is 330 g/mol. The van der Waals surface area contributed by atoms with Crippen molar-refractivity contribution in [2.24, 2.45) is 0 Å². The lowest BCUT2D eigenvalue weighted by molar-refractivity contribution is -0.143. The molecule has 0 aromatic heterocycles. The van der Waals surface area contributed by atoms with Gasteiger partial charge < -0.3 is 9.16 Å². The summed E-state index contributed by atoms with van der Waals surface area (Å²) >= 11 is 0. The molecular weight excluding hydrogens is 306 g/mol. The summed E-state index contributed by atoms with van der Waals surface area (Å²) in [6.45, 7) is 6.49. The van der Waals surface area contributed by atoms with Crippen LogP contribution in [0.2, 0.25) is 5.04 Å². The van der Waals surface area contributed by atoms with Gasteiger partial charge in [-0.15, -0.1) is 0 Å². The lowest BCUT2D eigenvalue weighted by Gasteiger charge is -2.42. The molecule has 0 saturated carbocycles. The summed E-state index contributed by atoms with van der Waals surface area (Å²) in [4.78, 5) is 11.7. The fraction of sp³-hybridized carbons (Fsp3) is 0.316. The molecule has 2 rings (SSSR count). The first-order valence-electron chi connectivity index (χ1n) is 7.73. The van der Waals surface area contributed by atoms with E-state index in [0.717, 1.165) is 10.4 Å². The van der Waals surface area contributed by atoms with Crippen LogP contribution in [0.15, 0.2) is 60.7 Å². The van der Waals surface area contributed by atoms with Crippen LogP contribution in [0.3, 0.4) is 0 Å². The minimum atomic E-state index is -2.63. The maximum atomic E-state index is 11.7. The number of hydrogen-bond acceptors (Lipinski definition) is 3. The van der Waals surface area contributed by atoms with Gasteiger partial charge in [0.2, 0.25) is 0 Å². The van der Waals surface area contributed by atoms with Crippen molar-refractivity contribution in [3.05, 3.63) is 60.7 Å². The normalized spacial score (nSPS) is 12.0. The Hall–Kier alpha value is -1.91. The molecule has 0 fully saturated rings. The molecular formula is C19H24O3Si. The number of carbonyl (C=O) groups excluding carboxylic acids is 1. The molecule has 0 amide bonds. The number of carbonyl (C=O) groups is 1. The topological polar surface area (TPSA) is 35.5 Å². The van der Waals surface area contributed by atoms with Crippen LogP contribution in [0.5, 0.6) is 0 Å². The molecule has 0 heterocycles. The highest BCUT2D eigenvalue weighted by Crippen LogP contribution is 2.36. The average Bonchev–Trinajstić information content (AvgIpc) is 2.56. The molecule has 122 valence electrons. The van der Waals surface area contributed by atoms with Gasteiger partial charge in [0.05, 0.1) is 7.11 Å². The molecule has 0 aliphatic rings. The smallest absolute Gasteiger partial charge is 0.330 e. The van der Waals surface area contributed by atoms with Crippen LogP contribution in [0.25, 0.3) is 0 Å². The van der Waals surface area contributed by atoms with E-state index >= 15 is 0 Å². The summed E-state index contributed by atoms with van der Waals surface area (Å²) in [5, 5.41) is 2.18. The number of esters is 1. The monoisotopic (exact) mass is 330 g/mol. The fourth-order valence-corrected chi connectivity index (χ4v) is 7.48. The van der Waals surface area contributed by atoms with E-state index in [2.05, 4.69) is 45.0 Å². The summed E-state index contributed by atoms with van der Waals surface area (Å²) in [7, 11) is -1.24. The predicted octanol–water partition coefficient (Wildman–Crippen LogP) is 2.74. The lowest BCUT2D eigenvalue weighted by Crippen LogP contribution is -2.67. The molecule has 0 saturated heterocycles. The van der Waals surface area contributed by atoms with Crippen LogP contribution >= 0.6 is 0 Å². The standard InChI is InChI=1S/C19H24O3Si/c1-19(2,3)23(22-15-18(20)21-4,16-11-7-5-8-12-16)17-13-9-6-10-14-17/h5-14H,15H2,1-4H3/i18+2. The molecule has 0 radical (unpaired) electrons. The van der Waals surface area contributed by atoms with Crippen molar-refractivity contribution in [1.29, 1.82) is 0 Å². The summed E-state index contributed by atoms with van der Waals surface area (Å²) in [5.41, 5.74) is 0. The summed E-state index contributed by atoms with van der Waals surface area (Å²) in [5.74, 6) is -0.349. The third-order valence-corrected chi connectivity index (χ3v) is 9.03. The van der Waals surface area contributed by atoms with Gasteiger partial charge in [0.25, 0.3) is 8.32 Å². The van der Waals surface area contributed by atoms with Gasteiger partial charge in [-0.25, -0.2) is 4.79 Å². The van der Waals surface area contributed by atoms with Crippen LogP contribution in [0.4, 0.5) is 0 Å². The highest BCUT2D eigenvalue weighted by Gasteiger charge is 2.50. The van der Waals surface area contributed by atoms with Crippen LogP contribution in [0.1, 0.15) is 20.8 Å². The fourth-order valence-electron chi connectivity index (χ4n) is 2.99. The number of benzene rings is 2. The predicted molar refractivity (Wildman–Crippen MR) is 95.6 cm³/mol. The Labute approximate surface area is 139 Å². The molecule has 0 bridgehead atoms. The number of rotatable bonds is 5. The van der Waals surface area contributed by atoms with Gasteiger partial charge in [0, 0.05) is 0 Å². The largest absolute Gasteiger partial charge is 0.467 e. The lowest BCUT2D eigenvalue weighted by atomic mass is 10.2. The third kappa shape index (κ3) is 3.54. The zero-order valence-corrected chi connectivity index (χ0v) is 15.2. The van der Waals surface area contributed by atoms with Gasteiger partial charge in [0.1, 0.15) is 6.61 Å². The van der Waals surface area contributed by atoms with Gasteiger partial charge in [0.15, 0.2) is 0 Å². The summed E-state index contributed by atoms with van der Waals surface area (Å²) in [6, 6.07) is 20.5. The maximum Gasteiger partial charge on any atom is 0.330 e. The summed E-state index contributed by atoms with van der Waals surface area (Å²) in [6.07, 6.45) is 0. The molecule has 0 spiro atoms. The second kappa shape index (κ2) is 7.11. The van der Waals surface area contributed by atoms with Gasteiger partial charge in [-0.2, -0.15) is 0 Å². The number of hydrogen-bond donors (Lipinski definition) is 0. The van der Waals surface area contributed by atoms with Gasteiger partial charge >= 0.3 is 5.97 Å². The SMILES string of the molecule is CO[14C](=O)CO[Si](c1ccccc1)(c1ccccc1)C(C)(C)C. The van der Waals surface area contributed by atoms with E-state index in [9.17, 15) is 4.79 Å². The zero-order chi connectivity index (χ0) is 16.9. The Balaban J connectivity index is 2.62. The van der Waals surface area contributed by atoms with Crippen molar-refractivity contribution in [3.63, 3.8) is 0 Å². The third-order valence-electron chi connectivity index (χ3n) is 4.05. The van der Waals surface area contributed by atoms with E-state index in [1.807, 2.05) is 36.4 Å². The van der Waals surface area contributed by atoms with Gasteiger partial charge in [-0.3, -0.25) is 0 Å². The van der Waals surface area contributed by atoms with Crippen LogP contribution in [-0.2, 0) is 14.0 Å². The Morgan fingerprint density at radius 3 is 1.70 bits per heavy atom.